The lowest BCUT2D eigenvalue weighted by Gasteiger charge is -2.34. The van der Waals surface area contributed by atoms with Crippen LogP contribution in [0, 0.1) is 5.92 Å². The van der Waals surface area contributed by atoms with Gasteiger partial charge < -0.3 is 14.2 Å². The molecule has 0 N–H and O–H groups in total. The van der Waals surface area contributed by atoms with Crippen LogP contribution in [0.25, 0.3) is 0 Å². The molecule has 0 aliphatic rings. The Morgan fingerprint density at radius 2 is 1.44 bits per heavy atom. The summed E-state index contributed by atoms with van der Waals surface area (Å²) in [7, 11) is 5.14. The zero-order valence-electron chi connectivity index (χ0n) is 13.0. The van der Waals surface area contributed by atoms with Gasteiger partial charge in [0.1, 0.15) is 0 Å². The van der Waals surface area contributed by atoms with Crippen molar-refractivity contribution < 1.29 is 14.2 Å². The van der Waals surface area contributed by atoms with Gasteiger partial charge in [0.15, 0.2) is 5.79 Å². The Morgan fingerprint density at radius 1 is 0.889 bits per heavy atom. The van der Waals surface area contributed by atoms with E-state index >= 15 is 0 Å². The molecule has 1 atom stereocenters. The Bertz CT molecular complexity index is 179. The summed E-state index contributed by atoms with van der Waals surface area (Å²) in [4.78, 5) is 0. The van der Waals surface area contributed by atoms with Crippen LogP contribution in [0.2, 0.25) is 0 Å². The fourth-order valence-electron chi connectivity index (χ4n) is 2.29. The molecule has 0 saturated heterocycles. The molecule has 3 heteroatoms. The highest BCUT2D eigenvalue weighted by Gasteiger charge is 2.33. The zero-order chi connectivity index (χ0) is 13.9. The summed E-state index contributed by atoms with van der Waals surface area (Å²) < 4.78 is 16.3. The summed E-state index contributed by atoms with van der Waals surface area (Å²) in [6.45, 7) is 4.93. The van der Waals surface area contributed by atoms with Gasteiger partial charge in [0.25, 0.3) is 0 Å². The first-order valence-electron chi connectivity index (χ1n) is 7.23. The van der Waals surface area contributed by atoms with Crippen molar-refractivity contribution in [3.05, 3.63) is 0 Å². The van der Waals surface area contributed by atoms with Crippen molar-refractivity contribution in [1.82, 2.24) is 0 Å². The van der Waals surface area contributed by atoms with Gasteiger partial charge in [-0.15, -0.1) is 0 Å². The number of hydrogen-bond donors (Lipinski definition) is 0. The lowest BCUT2D eigenvalue weighted by atomic mass is 9.93. The maximum atomic E-state index is 5.50. The first-order valence-corrected chi connectivity index (χ1v) is 7.23. The fraction of sp³-hybridized carbons (Fsp3) is 1.00. The smallest absolute Gasteiger partial charge is 0.169 e. The molecule has 18 heavy (non-hydrogen) atoms. The number of unbranched alkanes of at least 4 members (excludes halogenated alkanes) is 5. The molecule has 0 bridgehead atoms. The molecule has 0 aromatic carbocycles. The van der Waals surface area contributed by atoms with Gasteiger partial charge in [0, 0.05) is 27.2 Å². The van der Waals surface area contributed by atoms with E-state index in [1.54, 1.807) is 21.3 Å². The van der Waals surface area contributed by atoms with Gasteiger partial charge in [-0.2, -0.15) is 0 Å². The average Bonchev–Trinajstić information content (AvgIpc) is 2.40. The van der Waals surface area contributed by atoms with Crippen LogP contribution in [0.5, 0.6) is 0 Å². The molecular weight excluding hydrogens is 228 g/mol. The second-order valence-electron chi connectivity index (χ2n) is 5.13. The minimum absolute atomic E-state index is 0.295. The molecule has 0 saturated carbocycles. The summed E-state index contributed by atoms with van der Waals surface area (Å²) in [6.07, 6.45) is 8.97. The number of rotatable bonds is 12. The molecule has 0 aromatic rings. The van der Waals surface area contributed by atoms with Crippen molar-refractivity contribution in [2.24, 2.45) is 5.92 Å². The first-order chi connectivity index (χ1) is 8.64. The van der Waals surface area contributed by atoms with E-state index in [-0.39, 0.29) is 0 Å². The van der Waals surface area contributed by atoms with Crippen LogP contribution in [-0.2, 0) is 14.2 Å². The highest BCUT2D eigenvalue weighted by atomic mass is 16.7. The van der Waals surface area contributed by atoms with Crippen molar-refractivity contribution in [3.63, 3.8) is 0 Å². The largest absolute Gasteiger partial charge is 0.384 e. The average molecular weight is 260 g/mol. The van der Waals surface area contributed by atoms with Crippen LogP contribution < -0.4 is 0 Å². The second kappa shape index (κ2) is 10.8. The quantitative estimate of drug-likeness (QED) is 0.392. The summed E-state index contributed by atoms with van der Waals surface area (Å²) in [6, 6.07) is 0. The SMILES string of the molecule is CCCCCCCCC(COC)C(C)(OC)OC. The van der Waals surface area contributed by atoms with Gasteiger partial charge in [-0.25, -0.2) is 0 Å². The van der Waals surface area contributed by atoms with Crippen molar-refractivity contribution in [3.8, 4) is 0 Å². The predicted octanol–water partition coefficient (Wildman–Crippen LogP) is 4.01. The molecule has 0 heterocycles. The van der Waals surface area contributed by atoms with E-state index in [1.165, 1.54) is 38.5 Å². The molecule has 0 spiro atoms. The summed E-state index contributed by atoms with van der Waals surface area (Å²) in [5.41, 5.74) is 0. The van der Waals surface area contributed by atoms with Crippen LogP contribution in [-0.4, -0.2) is 33.7 Å². The van der Waals surface area contributed by atoms with E-state index in [2.05, 4.69) is 6.92 Å². The molecule has 0 rings (SSSR count). The van der Waals surface area contributed by atoms with Crippen LogP contribution in [0.1, 0.15) is 58.8 Å². The van der Waals surface area contributed by atoms with Crippen LogP contribution in [0.3, 0.4) is 0 Å². The van der Waals surface area contributed by atoms with Gasteiger partial charge >= 0.3 is 0 Å². The minimum atomic E-state index is -0.528. The van der Waals surface area contributed by atoms with Crippen LogP contribution in [0.15, 0.2) is 0 Å². The molecular formula is C15H32O3. The molecule has 0 radical (unpaired) electrons. The molecule has 0 aliphatic heterocycles. The summed E-state index contributed by atoms with van der Waals surface area (Å²) in [5.74, 6) is -0.233. The van der Waals surface area contributed by atoms with E-state index in [1.807, 2.05) is 6.92 Å². The Balaban J connectivity index is 3.96. The summed E-state index contributed by atoms with van der Waals surface area (Å²) in [5, 5.41) is 0. The number of ether oxygens (including phenoxy) is 3. The van der Waals surface area contributed by atoms with E-state index < -0.39 is 5.79 Å². The maximum Gasteiger partial charge on any atom is 0.169 e. The van der Waals surface area contributed by atoms with Crippen molar-refractivity contribution >= 4 is 0 Å². The lowest BCUT2D eigenvalue weighted by molar-refractivity contribution is -0.236. The Kier molecular flexibility index (Phi) is 10.7. The van der Waals surface area contributed by atoms with Gasteiger partial charge in [0.05, 0.1) is 6.61 Å². The topological polar surface area (TPSA) is 27.7 Å². The van der Waals surface area contributed by atoms with Gasteiger partial charge in [0.2, 0.25) is 0 Å². The Hall–Kier alpha value is -0.120. The Morgan fingerprint density at radius 3 is 1.94 bits per heavy atom. The highest BCUT2D eigenvalue weighted by molar-refractivity contribution is 4.74. The highest BCUT2D eigenvalue weighted by Crippen LogP contribution is 2.27. The predicted molar refractivity (Wildman–Crippen MR) is 75.8 cm³/mol. The van der Waals surface area contributed by atoms with E-state index in [0.29, 0.717) is 12.5 Å². The third-order valence-electron chi connectivity index (χ3n) is 3.83. The molecule has 0 amide bonds. The number of hydrogen-bond acceptors (Lipinski definition) is 3. The van der Waals surface area contributed by atoms with E-state index in [4.69, 9.17) is 14.2 Å². The standard InChI is InChI=1S/C15H32O3/c1-6-7-8-9-10-11-12-14(13-16-3)15(2,17-4)18-5/h14H,6-13H2,1-5H3. The third-order valence-corrected chi connectivity index (χ3v) is 3.83. The fourth-order valence-corrected chi connectivity index (χ4v) is 2.29. The molecule has 0 fully saturated rings. The van der Waals surface area contributed by atoms with Gasteiger partial charge in [-0.05, 0) is 13.3 Å². The molecule has 0 aliphatic carbocycles. The maximum absolute atomic E-state index is 5.50. The van der Waals surface area contributed by atoms with E-state index in [9.17, 15) is 0 Å². The first kappa shape index (κ1) is 17.9. The molecule has 0 aromatic heterocycles. The molecule has 3 nitrogen and oxygen atoms in total. The lowest BCUT2D eigenvalue weighted by Crippen LogP contribution is -2.41. The Labute approximate surface area is 113 Å². The number of methoxy groups -OCH3 is 3. The molecule has 110 valence electrons. The van der Waals surface area contributed by atoms with Crippen LogP contribution in [0.4, 0.5) is 0 Å². The van der Waals surface area contributed by atoms with Gasteiger partial charge in [-0.1, -0.05) is 45.4 Å². The monoisotopic (exact) mass is 260 g/mol. The van der Waals surface area contributed by atoms with Crippen molar-refractivity contribution in [2.75, 3.05) is 27.9 Å². The second-order valence-corrected chi connectivity index (χ2v) is 5.13. The zero-order valence-corrected chi connectivity index (χ0v) is 13.0. The minimum Gasteiger partial charge on any atom is -0.384 e. The van der Waals surface area contributed by atoms with Crippen molar-refractivity contribution in [1.29, 1.82) is 0 Å². The van der Waals surface area contributed by atoms with Crippen molar-refractivity contribution in [2.45, 2.75) is 64.6 Å². The molecule has 1 unspecified atom stereocenters. The van der Waals surface area contributed by atoms with E-state index in [0.717, 1.165) is 6.42 Å². The normalized spacial score (nSPS) is 13.8. The van der Waals surface area contributed by atoms with Crippen LogP contribution >= 0.6 is 0 Å². The summed E-state index contributed by atoms with van der Waals surface area (Å²) >= 11 is 0. The van der Waals surface area contributed by atoms with Gasteiger partial charge in [-0.3, -0.25) is 0 Å². The third kappa shape index (κ3) is 6.72.